The quantitative estimate of drug-likeness (QED) is 0.274. The summed E-state index contributed by atoms with van der Waals surface area (Å²) in [7, 11) is 0. The van der Waals surface area contributed by atoms with E-state index in [-0.39, 0.29) is 11.5 Å². The van der Waals surface area contributed by atoms with E-state index < -0.39 is 23.6 Å². The number of benzene rings is 3. The summed E-state index contributed by atoms with van der Waals surface area (Å²) in [4.78, 5) is 38.8. The number of nitrogens with zero attached hydrogens (tertiary/aromatic N) is 2. The lowest BCUT2D eigenvalue weighted by atomic mass is 10.1. The SMILES string of the molecule is N#Cc1ccccc1COc1c(Br)cc(/C=C2/SC(=O)N(CC(=O)Nc3ccccc3Cl)C2=O)cc1Br. The minimum absolute atomic E-state index is 0.186. The van der Waals surface area contributed by atoms with E-state index in [0.29, 0.717) is 36.5 Å². The molecule has 3 amide bonds. The van der Waals surface area contributed by atoms with Crippen LogP contribution >= 0.6 is 55.2 Å². The Morgan fingerprint density at radius 1 is 1.11 bits per heavy atom. The molecule has 7 nitrogen and oxygen atoms in total. The third-order valence-electron chi connectivity index (χ3n) is 5.15. The number of anilines is 1. The Kier molecular flexibility index (Phi) is 8.71. The van der Waals surface area contributed by atoms with Crippen molar-refractivity contribution in [1.29, 1.82) is 5.26 Å². The number of hydrogen-bond acceptors (Lipinski definition) is 6. The Morgan fingerprint density at radius 3 is 2.49 bits per heavy atom. The van der Waals surface area contributed by atoms with Crippen LogP contribution in [0.15, 0.2) is 74.5 Å². The molecule has 37 heavy (non-hydrogen) atoms. The number of halogens is 3. The van der Waals surface area contributed by atoms with Gasteiger partial charge < -0.3 is 10.1 Å². The molecule has 1 N–H and O–H groups in total. The zero-order chi connectivity index (χ0) is 26.5. The smallest absolute Gasteiger partial charge is 0.294 e. The van der Waals surface area contributed by atoms with Crippen molar-refractivity contribution in [2.45, 2.75) is 6.61 Å². The summed E-state index contributed by atoms with van der Waals surface area (Å²) in [6.07, 6.45) is 1.57. The lowest BCUT2D eigenvalue weighted by Gasteiger charge is -2.13. The van der Waals surface area contributed by atoms with E-state index in [2.05, 4.69) is 43.2 Å². The molecule has 1 aliphatic rings. The number of para-hydroxylation sites is 1. The molecule has 0 saturated carbocycles. The summed E-state index contributed by atoms with van der Waals surface area (Å²) in [6, 6.07) is 19.5. The maximum Gasteiger partial charge on any atom is 0.294 e. The van der Waals surface area contributed by atoms with Gasteiger partial charge in [0.05, 0.1) is 36.2 Å². The van der Waals surface area contributed by atoms with E-state index in [9.17, 15) is 19.6 Å². The van der Waals surface area contributed by atoms with Gasteiger partial charge in [-0.3, -0.25) is 19.3 Å². The number of thioether (sulfide) groups is 1. The second kappa shape index (κ2) is 12.0. The molecule has 4 rings (SSSR count). The molecule has 0 spiro atoms. The van der Waals surface area contributed by atoms with Crippen LogP contribution < -0.4 is 10.1 Å². The van der Waals surface area contributed by atoms with E-state index in [4.69, 9.17) is 16.3 Å². The molecule has 0 aromatic heterocycles. The molecule has 1 fully saturated rings. The number of ether oxygens (including phenoxy) is 1. The van der Waals surface area contributed by atoms with Crippen LogP contribution in [-0.4, -0.2) is 28.5 Å². The average molecular weight is 662 g/mol. The molecule has 0 unspecified atom stereocenters. The highest BCUT2D eigenvalue weighted by Crippen LogP contribution is 2.38. The fraction of sp³-hybridized carbons (Fsp3) is 0.0769. The molecule has 0 bridgehead atoms. The van der Waals surface area contributed by atoms with Crippen molar-refractivity contribution in [2.75, 3.05) is 11.9 Å². The van der Waals surface area contributed by atoms with E-state index in [1.807, 2.05) is 12.1 Å². The topological polar surface area (TPSA) is 99.5 Å². The van der Waals surface area contributed by atoms with Gasteiger partial charge in [-0.1, -0.05) is 41.9 Å². The van der Waals surface area contributed by atoms with Gasteiger partial charge in [-0.05, 0) is 85.6 Å². The van der Waals surface area contributed by atoms with Gasteiger partial charge in [-0.15, -0.1) is 0 Å². The van der Waals surface area contributed by atoms with E-state index in [1.165, 1.54) is 0 Å². The van der Waals surface area contributed by atoms with Crippen LogP contribution in [0.4, 0.5) is 10.5 Å². The first-order valence-corrected chi connectivity index (χ1v) is 13.4. The Hall–Kier alpha value is -3.10. The van der Waals surface area contributed by atoms with Gasteiger partial charge in [0.1, 0.15) is 18.9 Å². The first kappa shape index (κ1) is 26.9. The van der Waals surface area contributed by atoms with Gasteiger partial charge in [0.2, 0.25) is 5.91 Å². The van der Waals surface area contributed by atoms with Crippen LogP contribution in [0.3, 0.4) is 0 Å². The van der Waals surface area contributed by atoms with Gasteiger partial charge in [-0.25, -0.2) is 0 Å². The standard InChI is InChI=1S/C26H16Br2ClN3O4S/c27-18-9-15(10-19(28)24(18)36-14-17-6-2-1-5-16(17)12-30)11-22-25(34)32(26(35)37-22)13-23(33)31-21-8-4-3-7-20(21)29/h1-11H,13-14H2,(H,31,33)/b22-11+. The summed E-state index contributed by atoms with van der Waals surface area (Å²) < 4.78 is 7.15. The molecule has 3 aromatic rings. The second-order valence-electron chi connectivity index (χ2n) is 7.67. The Labute approximate surface area is 238 Å². The van der Waals surface area contributed by atoms with E-state index in [1.54, 1.807) is 54.6 Å². The second-order valence-corrected chi connectivity index (χ2v) is 10.8. The molecular weight excluding hydrogens is 646 g/mol. The first-order chi connectivity index (χ1) is 17.8. The number of imide groups is 1. The van der Waals surface area contributed by atoms with Crippen molar-refractivity contribution in [3.05, 3.63) is 96.2 Å². The number of nitriles is 1. The number of nitrogens with one attached hydrogen (secondary N) is 1. The number of amides is 3. The normalized spacial score (nSPS) is 14.1. The summed E-state index contributed by atoms with van der Waals surface area (Å²) in [5.41, 5.74) is 2.31. The summed E-state index contributed by atoms with van der Waals surface area (Å²) in [5.74, 6) is -0.583. The van der Waals surface area contributed by atoms with Crippen LogP contribution in [-0.2, 0) is 16.2 Å². The third kappa shape index (κ3) is 6.43. The van der Waals surface area contributed by atoms with Gasteiger partial charge in [-0.2, -0.15) is 5.26 Å². The molecular formula is C26H16Br2ClN3O4S. The van der Waals surface area contributed by atoms with Crippen molar-refractivity contribution in [3.8, 4) is 11.8 Å². The maximum absolute atomic E-state index is 12.9. The minimum atomic E-state index is -0.565. The lowest BCUT2D eigenvalue weighted by Crippen LogP contribution is -2.36. The van der Waals surface area contributed by atoms with Crippen molar-refractivity contribution < 1.29 is 19.1 Å². The van der Waals surface area contributed by atoms with Gasteiger partial charge in [0.25, 0.3) is 11.1 Å². The molecule has 0 aliphatic carbocycles. The van der Waals surface area contributed by atoms with Gasteiger partial charge >= 0.3 is 0 Å². The predicted octanol–water partition coefficient (Wildman–Crippen LogP) is 6.99. The largest absolute Gasteiger partial charge is 0.486 e. The number of hydrogen-bond donors (Lipinski definition) is 1. The fourth-order valence-electron chi connectivity index (χ4n) is 3.39. The predicted molar refractivity (Wildman–Crippen MR) is 150 cm³/mol. The highest BCUT2D eigenvalue weighted by molar-refractivity contribution is 9.11. The Balaban J connectivity index is 1.46. The minimum Gasteiger partial charge on any atom is -0.486 e. The fourth-order valence-corrected chi connectivity index (χ4v) is 5.86. The van der Waals surface area contributed by atoms with Crippen molar-refractivity contribution >= 4 is 84.0 Å². The molecule has 1 heterocycles. The van der Waals surface area contributed by atoms with Crippen LogP contribution in [0.25, 0.3) is 6.08 Å². The molecule has 1 aliphatic heterocycles. The number of carbonyl (C=O) groups excluding carboxylic acids is 3. The summed E-state index contributed by atoms with van der Waals surface area (Å²) >= 11 is 13.8. The average Bonchev–Trinajstić information content (AvgIpc) is 3.12. The van der Waals surface area contributed by atoms with Crippen molar-refractivity contribution in [1.82, 2.24) is 4.90 Å². The molecule has 1 saturated heterocycles. The molecule has 11 heteroatoms. The van der Waals surface area contributed by atoms with Gasteiger partial charge in [0.15, 0.2) is 0 Å². The highest BCUT2D eigenvalue weighted by Gasteiger charge is 2.36. The van der Waals surface area contributed by atoms with Crippen molar-refractivity contribution in [3.63, 3.8) is 0 Å². The molecule has 0 atom stereocenters. The Bertz CT molecular complexity index is 1470. The zero-order valence-electron chi connectivity index (χ0n) is 18.8. The van der Waals surface area contributed by atoms with E-state index >= 15 is 0 Å². The van der Waals surface area contributed by atoms with Gasteiger partial charge in [0, 0.05) is 5.56 Å². The van der Waals surface area contributed by atoms with Crippen LogP contribution in [0, 0.1) is 11.3 Å². The molecule has 3 aromatic carbocycles. The molecule has 186 valence electrons. The molecule has 0 radical (unpaired) electrons. The monoisotopic (exact) mass is 659 g/mol. The Morgan fingerprint density at radius 2 is 1.78 bits per heavy atom. The van der Waals surface area contributed by atoms with Crippen molar-refractivity contribution in [2.24, 2.45) is 0 Å². The third-order valence-corrected chi connectivity index (χ3v) is 7.57. The van der Waals surface area contributed by atoms with Crippen LogP contribution in [0.5, 0.6) is 5.75 Å². The number of carbonyl (C=O) groups is 3. The van der Waals surface area contributed by atoms with Crippen LogP contribution in [0.1, 0.15) is 16.7 Å². The summed E-state index contributed by atoms with van der Waals surface area (Å²) in [6.45, 7) is -0.243. The maximum atomic E-state index is 12.9. The number of rotatable bonds is 7. The summed E-state index contributed by atoms with van der Waals surface area (Å²) in [5, 5.41) is 11.7. The first-order valence-electron chi connectivity index (χ1n) is 10.7. The lowest BCUT2D eigenvalue weighted by molar-refractivity contribution is -0.127. The highest BCUT2D eigenvalue weighted by atomic mass is 79.9. The van der Waals surface area contributed by atoms with E-state index in [0.717, 1.165) is 22.2 Å². The van der Waals surface area contributed by atoms with Crippen LogP contribution in [0.2, 0.25) is 5.02 Å². The zero-order valence-corrected chi connectivity index (χ0v) is 23.6.